The van der Waals surface area contributed by atoms with E-state index in [2.05, 4.69) is 15.2 Å². The topological polar surface area (TPSA) is 45.5 Å². The molecule has 0 amide bonds. The van der Waals surface area contributed by atoms with Gasteiger partial charge in [-0.05, 0) is 18.2 Å². The van der Waals surface area contributed by atoms with Crippen molar-refractivity contribution in [3.05, 3.63) is 52.5 Å². The fourth-order valence-electron chi connectivity index (χ4n) is 3.09. The fourth-order valence-corrected chi connectivity index (χ4v) is 3.61. The van der Waals surface area contributed by atoms with Crippen molar-refractivity contribution >= 4 is 28.8 Å². The molecule has 0 unspecified atom stereocenters. The Balaban J connectivity index is 1.86. The molecule has 3 aromatic heterocycles. The number of rotatable bonds is 3. The lowest BCUT2D eigenvalue weighted by atomic mass is 10.1. The van der Waals surface area contributed by atoms with Gasteiger partial charge in [-0.2, -0.15) is 0 Å². The van der Waals surface area contributed by atoms with E-state index in [4.69, 9.17) is 28.2 Å². The number of imidazole rings is 1. The van der Waals surface area contributed by atoms with Gasteiger partial charge in [0, 0.05) is 56.9 Å². The van der Waals surface area contributed by atoms with Crippen LogP contribution in [0.25, 0.3) is 16.9 Å². The van der Waals surface area contributed by atoms with Gasteiger partial charge in [0.25, 0.3) is 0 Å². The number of halogens is 2. The molecular weight excluding hydrogens is 345 g/mol. The third kappa shape index (κ3) is 3.00. The van der Waals surface area contributed by atoms with Crippen molar-refractivity contribution in [2.75, 3.05) is 26.2 Å². The summed E-state index contributed by atoms with van der Waals surface area (Å²) in [4.78, 5) is 11.3. The van der Waals surface area contributed by atoms with Crippen LogP contribution in [0.1, 0.15) is 5.69 Å². The number of fused-ring (bicyclic) bond motifs is 1. The van der Waals surface area contributed by atoms with Crippen LogP contribution in [0.3, 0.4) is 0 Å². The van der Waals surface area contributed by atoms with Gasteiger partial charge in [0.1, 0.15) is 0 Å². The minimum atomic E-state index is 0.560. The SMILES string of the molecule is Clc1cc(Cl)c2nc(-c3ccncc3)c(CN3CCNCC3)n2c1. The van der Waals surface area contributed by atoms with Gasteiger partial charge in [0.15, 0.2) is 5.65 Å². The number of nitrogens with zero attached hydrogens (tertiary/aromatic N) is 4. The van der Waals surface area contributed by atoms with Crippen molar-refractivity contribution in [2.24, 2.45) is 0 Å². The first kappa shape index (κ1) is 15.8. The molecule has 0 aromatic carbocycles. The normalized spacial score (nSPS) is 15.9. The molecule has 0 bridgehead atoms. The molecule has 4 heterocycles. The lowest BCUT2D eigenvalue weighted by Crippen LogP contribution is -2.43. The van der Waals surface area contributed by atoms with Gasteiger partial charge in [-0.25, -0.2) is 4.98 Å². The van der Waals surface area contributed by atoms with Crippen LogP contribution < -0.4 is 5.32 Å². The zero-order chi connectivity index (χ0) is 16.5. The van der Waals surface area contributed by atoms with Crippen LogP contribution >= 0.6 is 23.2 Å². The van der Waals surface area contributed by atoms with Gasteiger partial charge in [0.2, 0.25) is 0 Å². The third-order valence-corrected chi connectivity index (χ3v) is 4.76. The van der Waals surface area contributed by atoms with Crippen molar-refractivity contribution in [2.45, 2.75) is 6.54 Å². The molecule has 0 atom stereocenters. The number of piperazine rings is 1. The van der Waals surface area contributed by atoms with Crippen LogP contribution in [-0.2, 0) is 6.54 Å². The summed E-state index contributed by atoms with van der Waals surface area (Å²) in [5.74, 6) is 0. The molecule has 1 fully saturated rings. The predicted octanol–water partition coefficient (Wildman–Crippen LogP) is 3.11. The van der Waals surface area contributed by atoms with Gasteiger partial charge in [-0.1, -0.05) is 23.2 Å². The van der Waals surface area contributed by atoms with Crippen LogP contribution in [-0.4, -0.2) is 45.4 Å². The first-order valence-electron chi connectivity index (χ1n) is 7.92. The second-order valence-corrected chi connectivity index (χ2v) is 6.71. The first-order valence-corrected chi connectivity index (χ1v) is 8.67. The minimum absolute atomic E-state index is 0.560. The van der Waals surface area contributed by atoms with E-state index >= 15 is 0 Å². The summed E-state index contributed by atoms with van der Waals surface area (Å²) in [6.45, 7) is 4.83. The maximum Gasteiger partial charge on any atom is 0.156 e. The number of aromatic nitrogens is 3. The Bertz CT molecular complexity index is 856. The second-order valence-electron chi connectivity index (χ2n) is 5.87. The molecule has 0 saturated carbocycles. The van der Waals surface area contributed by atoms with E-state index < -0.39 is 0 Å². The van der Waals surface area contributed by atoms with E-state index in [0.717, 1.165) is 55.3 Å². The quantitative estimate of drug-likeness (QED) is 0.778. The van der Waals surface area contributed by atoms with E-state index in [0.29, 0.717) is 10.0 Å². The van der Waals surface area contributed by atoms with E-state index in [1.54, 1.807) is 18.5 Å². The minimum Gasteiger partial charge on any atom is -0.314 e. The van der Waals surface area contributed by atoms with Gasteiger partial charge in [-0.3, -0.25) is 14.3 Å². The molecule has 124 valence electrons. The average Bonchev–Trinajstić information content (AvgIpc) is 2.95. The monoisotopic (exact) mass is 361 g/mol. The zero-order valence-corrected chi connectivity index (χ0v) is 14.6. The molecular formula is C17H17Cl2N5. The molecule has 24 heavy (non-hydrogen) atoms. The molecule has 0 spiro atoms. The summed E-state index contributed by atoms with van der Waals surface area (Å²) in [6.07, 6.45) is 5.45. The van der Waals surface area contributed by atoms with Crippen molar-refractivity contribution in [1.82, 2.24) is 24.6 Å². The number of hydrogen-bond acceptors (Lipinski definition) is 4. The van der Waals surface area contributed by atoms with Crippen LogP contribution in [0.2, 0.25) is 10.0 Å². The van der Waals surface area contributed by atoms with Crippen molar-refractivity contribution in [3.8, 4) is 11.3 Å². The molecule has 1 saturated heterocycles. The highest BCUT2D eigenvalue weighted by Gasteiger charge is 2.20. The molecule has 3 aromatic rings. The highest BCUT2D eigenvalue weighted by Crippen LogP contribution is 2.30. The van der Waals surface area contributed by atoms with Crippen LogP contribution in [0.5, 0.6) is 0 Å². The maximum atomic E-state index is 6.37. The molecule has 1 N–H and O–H groups in total. The lowest BCUT2D eigenvalue weighted by Gasteiger charge is -2.27. The molecule has 4 rings (SSSR count). The summed E-state index contributed by atoms with van der Waals surface area (Å²) in [5.41, 5.74) is 3.80. The van der Waals surface area contributed by atoms with Crippen LogP contribution in [0.15, 0.2) is 36.8 Å². The van der Waals surface area contributed by atoms with Crippen LogP contribution in [0.4, 0.5) is 0 Å². The Morgan fingerprint density at radius 2 is 1.88 bits per heavy atom. The standard InChI is InChI=1S/C17H17Cl2N5/c18-13-9-14(19)17-22-16(12-1-3-20-4-2-12)15(24(17)10-13)11-23-7-5-21-6-8-23/h1-4,9-10,21H,5-8,11H2. The molecule has 0 radical (unpaired) electrons. The molecule has 7 heteroatoms. The van der Waals surface area contributed by atoms with Crippen LogP contribution in [0, 0.1) is 0 Å². The largest absolute Gasteiger partial charge is 0.314 e. The van der Waals surface area contributed by atoms with Crippen molar-refractivity contribution in [1.29, 1.82) is 0 Å². The van der Waals surface area contributed by atoms with Gasteiger partial charge >= 0.3 is 0 Å². The highest BCUT2D eigenvalue weighted by atomic mass is 35.5. The van der Waals surface area contributed by atoms with E-state index in [9.17, 15) is 0 Å². The number of pyridine rings is 2. The van der Waals surface area contributed by atoms with Gasteiger partial charge < -0.3 is 5.32 Å². The number of hydrogen-bond donors (Lipinski definition) is 1. The second kappa shape index (κ2) is 6.69. The van der Waals surface area contributed by atoms with E-state index in [-0.39, 0.29) is 0 Å². The van der Waals surface area contributed by atoms with Crippen molar-refractivity contribution < 1.29 is 0 Å². The smallest absolute Gasteiger partial charge is 0.156 e. The van der Waals surface area contributed by atoms with Crippen molar-refractivity contribution in [3.63, 3.8) is 0 Å². The molecule has 1 aliphatic rings. The Hall–Kier alpha value is -1.66. The maximum absolute atomic E-state index is 6.37. The molecule has 0 aliphatic carbocycles. The summed E-state index contributed by atoms with van der Waals surface area (Å²) in [6, 6.07) is 5.67. The number of nitrogens with one attached hydrogen (secondary N) is 1. The van der Waals surface area contributed by atoms with E-state index in [1.807, 2.05) is 22.7 Å². The Kier molecular flexibility index (Phi) is 4.41. The van der Waals surface area contributed by atoms with E-state index in [1.165, 1.54) is 0 Å². The summed E-state index contributed by atoms with van der Waals surface area (Å²) >= 11 is 12.6. The lowest BCUT2D eigenvalue weighted by molar-refractivity contribution is 0.230. The predicted molar refractivity (Wildman–Crippen MR) is 96.6 cm³/mol. The molecule has 1 aliphatic heterocycles. The van der Waals surface area contributed by atoms with Gasteiger partial charge in [0.05, 0.1) is 21.4 Å². The summed E-state index contributed by atoms with van der Waals surface area (Å²) in [7, 11) is 0. The Labute approximate surface area is 150 Å². The fraction of sp³-hybridized carbons (Fsp3) is 0.294. The Morgan fingerprint density at radius 3 is 2.62 bits per heavy atom. The average molecular weight is 362 g/mol. The van der Waals surface area contributed by atoms with Gasteiger partial charge in [-0.15, -0.1) is 0 Å². The first-order chi connectivity index (χ1) is 11.7. The molecule has 5 nitrogen and oxygen atoms in total. The third-order valence-electron chi connectivity index (χ3n) is 4.28. The zero-order valence-electron chi connectivity index (χ0n) is 13.0. The highest BCUT2D eigenvalue weighted by molar-refractivity contribution is 6.36. The summed E-state index contributed by atoms with van der Waals surface area (Å²) in [5, 5.41) is 4.55. The summed E-state index contributed by atoms with van der Waals surface area (Å²) < 4.78 is 2.02. The Morgan fingerprint density at radius 1 is 1.12 bits per heavy atom.